The average Bonchev–Trinajstić information content (AvgIpc) is 2.23. The van der Waals surface area contributed by atoms with Crippen LogP contribution in [0.2, 0.25) is 0 Å². The smallest absolute Gasteiger partial charge is 0.491 e. The molecule has 0 aromatic heterocycles. The Balaban J connectivity index is 0.00000361. The zero-order valence-corrected chi connectivity index (χ0v) is 15.0. The van der Waals surface area contributed by atoms with Gasteiger partial charge in [-0.3, -0.25) is 0 Å². The number of ether oxygens (including phenoxy) is 1. The third kappa shape index (κ3) is 7.41. The molecular formula is C10H12BF4KO3S. The van der Waals surface area contributed by atoms with Gasteiger partial charge in [-0.15, -0.1) is 5.46 Å². The molecular weight excluding hydrogens is 326 g/mol. The third-order valence-corrected chi connectivity index (χ3v) is 3.28. The Morgan fingerprint density at radius 3 is 2.35 bits per heavy atom. The van der Waals surface area contributed by atoms with Gasteiger partial charge in [-0.2, -0.15) is 0 Å². The average molecular weight is 338 g/mol. The van der Waals surface area contributed by atoms with Gasteiger partial charge in [0.05, 0.1) is 12.4 Å². The molecule has 108 valence electrons. The molecule has 1 aromatic rings. The van der Waals surface area contributed by atoms with Crippen molar-refractivity contribution in [1.29, 1.82) is 0 Å². The van der Waals surface area contributed by atoms with E-state index in [-0.39, 0.29) is 70.2 Å². The van der Waals surface area contributed by atoms with Crippen LogP contribution in [0.1, 0.15) is 6.42 Å². The van der Waals surface area contributed by atoms with E-state index in [0.717, 1.165) is 6.26 Å². The van der Waals surface area contributed by atoms with E-state index in [1.807, 2.05) is 0 Å². The molecule has 20 heavy (non-hydrogen) atoms. The van der Waals surface area contributed by atoms with Crippen molar-refractivity contribution in [2.24, 2.45) is 0 Å². The Hall–Kier alpha value is 0.391. The molecule has 0 unspecified atom stereocenters. The minimum Gasteiger partial charge on any atom is -0.491 e. The van der Waals surface area contributed by atoms with Crippen molar-refractivity contribution < 1.29 is 81.9 Å². The van der Waals surface area contributed by atoms with Crippen LogP contribution in [0, 0.1) is 5.82 Å². The summed E-state index contributed by atoms with van der Waals surface area (Å²) in [5.74, 6) is -1.61. The minimum absolute atomic E-state index is 0. The van der Waals surface area contributed by atoms with Gasteiger partial charge in [0.25, 0.3) is 0 Å². The van der Waals surface area contributed by atoms with Crippen molar-refractivity contribution in [3.05, 3.63) is 24.0 Å². The molecule has 0 atom stereocenters. The fourth-order valence-corrected chi connectivity index (χ4v) is 1.98. The van der Waals surface area contributed by atoms with E-state index in [1.54, 1.807) is 0 Å². The van der Waals surface area contributed by atoms with Crippen LogP contribution in [-0.4, -0.2) is 34.0 Å². The van der Waals surface area contributed by atoms with Gasteiger partial charge < -0.3 is 17.7 Å². The molecule has 3 nitrogen and oxygen atoms in total. The summed E-state index contributed by atoms with van der Waals surface area (Å²) < 4.78 is 77.0. The van der Waals surface area contributed by atoms with Crippen LogP contribution in [0.3, 0.4) is 0 Å². The summed E-state index contributed by atoms with van der Waals surface area (Å²) in [6.07, 6.45) is 1.11. The SMILES string of the molecule is CS(=O)(=O)CCCOc1cc([B-](F)(F)F)ccc1F.[K+]. The number of rotatable bonds is 6. The van der Waals surface area contributed by atoms with Gasteiger partial charge in [0.15, 0.2) is 11.6 Å². The second kappa shape index (κ2) is 8.14. The van der Waals surface area contributed by atoms with Crippen LogP contribution in [0.15, 0.2) is 18.2 Å². The standard InChI is InChI=1S/C10H12BF4O3S.K/c1-19(16,17)6-2-5-18-10-7-8(11(13,14)15)3-4-9(10)12;/h3-4,7H,2,5-6H2,1H3;/q-1;+1. The molecule has 0 N–H and O–H groups in total. The molecule has 0 radical (unpaired) electrons. The topological polar surface area (TPSA) is 43.4 Å². The van der Waals surface area contributed by atoms with E-state index >= 15 is 0 Å². The quantitative estimate of drug-likeness (QED) is 0.368. The van der Waals surface area contributed by atoms with Crippen molar-refractivity contribution in [3.8, 4) is 5.75 Å². The Labute approximate surface area is 157 Å². The number of halogens is 4. The number of hydrogen-bond donors (Lipinski definition) is 0. The van der Waals surface area contributed by atoms with Gasteiger partial charge in [-0.05, 0) is 18.6 Å². The van der Waals surface area contributed by atoms with Gasteiger partial charge >= 0.3 is 58.4 Å². The first-order valence-electron chi connectivity index (χ1n) is 5.39. The Kier molecular flexibility index (Phi) is 8.30. The van der Waals surface area contributed by atoms with E-state index in [0.29, 0.717) is 18.2 Å². The molecule has 0 amide bonds. The maximum atomic E-state index is 13.2. The predicted octanol–water partition coefficient (Wildman–Crippen LogP) is -1.30. The first-order chi connectivity index (χ1) is 8.59. The van der Waals surface area contributed by atoms with Gasteiger partial charge in [0, 0.05) is 6.26 Å². The summed E-state index contributed by atoms with van der Waals surface area (Å²) in [4.78, 5) is 0. The molecule has 0 saturated heterocycles. The van der Waals surface area contributed by atoms with Crippen molar-refractivity contribution in [3.63, 3.8) is 0 Å². The largest absolute Gasteiger partial charge is 1.00 e. The van der Waals surface area contributed by atoms with Crippen LogP contribution in [-0.2, 0) is 9.84 Å². The fraction of sp³-hybridized carbons (Fsp3) is 0.400. The molecule has 1 aromatic carbocycles. The minimum atomic E-state index is -5.23. The predicted molar refractivity (Wildman–Crippen MR) is 64.9 cm³/mol. The molecule has 0 fully saturated rings. The van der Waals surface area contributed by atoms with Gasteiger partial charge in [-0.25, -0.2) is 12.8 Å². The van der Waals surface area contributed by atoms with Crippen LogP contribution < -0.4 is 61.6 Å². The molecule has 0 aliphatic carbocycles. The van der Waals surface area contributed by atoms with Crippen LogP contribution in [0.25, 0.3) is 0 Å². The molecule has 0 spiro atoms. The Morgan fingerprint density at radius 2 is 1.85 bits per heavy atom. The summed E-state index contributed by atoms with van der Waals surface area (Å²) in [6.45, 7) is -5.39. The summed E-state index contributed by atoms with van der Waals surface area (Å²) in [7, 11) is -3.17. The molecule has 0 saturated carbocycles. The Bertz CT molecular complexity index is 548. The van der Waals surface area contributed by atoms with Crippen LogP contribution >= 0.6 is 0 Å². The maximum Gasteiger partial charge on any atom is 1.00 e. The van der Waals surface area contributed by atoms with Crippen molar-refractivity contribution in [2.75, 3.05) is 18.6 Å². The number of sulfone groups is 1. The first-order valence-corrected chi connectivity index (χ1v) is 7.45. The van der Waals surface area contributed by atoms with Gasteiger partial charge in [0.1, 0.15) is 9.84 Å². The van der Waals surface area contributed by atoms with Gasteiger partial charge in [-0.1, -0.05) is 6.07 Å². The third-order valence-electron chi connectivity index (χ3n) is 2.25. The van der Waals surface area contributed by atoms with E-state index in [1.165, 1.54) is 0 Å². The summed E-state index contributed by atoms with van der Waals surface area (Å²) >= 11 is 0. The monoisotopic (exact) mass is 338 g/mol. The molecule has 0 aliphatic heterocycles. The van der Waals surface area contributed by atoms with E-state index in [2.05, 4.69) is 0 Å². The van der Waals surface area contributed by atoms with Crippen molar-refractivity contribution in [2.45, 2.75) is 6.42 Å². The molecule has 0 aliphatic rings. The van der Waals surface area contributed by atoms with Crippen LogP contribution in [0.4, 0.5) is 17.3 Å². The summed E-state index contributed by atoms with van der Waals surface area (Å²) in [6, 6.07) is 1.89. The molecule has 0 heterocycles. The Morgan fingerprint density at radius 1 is 1.25 bits per heavy atom. The zero-order valence-electron chi connectivity index (χ0n) is 11.1. The molecule has 10 heteroatoms. The van der Waals surface area contributed by atoms with E-state index in [4.69, 9.17) is 4.74 Å². The number of benzene rings is 1. The fourth-order valence-electron chi connectivity index (χ4n) is 1.34. The maximum absolute atomic E-state index is 13.2. The van der Waals surface area contributed by atoms with Crippen molar-refractivity contribution in [1.82, 2.24) is 0 Å². The summed E-state index contributed by atoms with van der Waals surface area (Å²) in [5, 5.41) is 0. The molecule has 1 rings (SSSR count). The van der Waals surface area contributed by atoms with E-state index in [9.17, 15) is 25.8 Å². The summed E-state index contributed by atoms with van der Waals surface area (Å²) in [5.41, 5.74) is -0.959. The number of hydrogen-bond acceptors (Lipinski definition) is 3. The molecule has 0 bridgehead atoms. The normalized spacial score (nSPS) is 11.8. The zero-order chi connectivity index (χ0) is 14.7. The second-order valence-corrected chi connectivity index (χ2v) is 6.36. The van der Waals surface area contributed by atoms with Gasteiger partial charge in [0.2, 0.25) is 0 Å². The van der Waals surface area contributed by atoms with Crippen LogP contribution in [0.5, 0.6) is 5.75 Å². The van der Waals surface area contributed by atoms with Crippen molar-refractivity contribution >= 4 is 22.3 Å². The first kappa shape index (κ1) is 20.4. The van der Waals surface area contributed by atoms with E-state index < -0.39 is 33.8 Å². The second-order valence-electron chi connectivity index (χ2n) is 4.10.